The van der Waals surface area contributed by atoms with Gasteiger partial charge in [0, 0.05) is 24.9 Å². The molecule has 1 atom stereocenters. The predicted molar refractivity (Wildman–Crippen MR) is 76.0 cm³/mol. The molecule has 1 aromatic rings. The number of ether oxygens (including phenoxy) is 1. The molecule has 2 N–H and O–H groups in total. The van der Waals surface area contributed by atoms with Crippen molar-refractivity contribution in [3.63, 3.8) is 0 Å². The standard InChI is InChI=1S/C13H19N3O4/c1-8(2)20-12-7-10(5-6-11(12)16(18)19)15-9(3)13(17)14-4/h5-9,15H,1-4H3,(H,14,17). The van der Waals surface area contributed by atoms with Gasteiger partial charge in [-0.25, -0.2) is 0 Å². The maximum atomic E-state index is 11.4. The van der Waals surface area contributed by atoms with Crippen LogP contribution in [0.15, 0.2) is 18.2 Å². The first kappa shape index (κ1) is 15.7. The van der Waals surface area contributed by atoms with E-state index in [1.807, 2.05) is 0 Å². The molecule has 0 aliphatic carbocycles. The van der Waals surface area contributed by atoms with E-state index in [-0.39, 0.29) is 23.4 Å². The fourth-order valence-corrected chi connectivity index (χ4v) is 1.64. The molecule has 0 aromatic heterocycles. The Kier molecular flexibility index (Phi) is 5.31. The molecule has 20 heavy (non-hydrogen) atoms. The molecule has 1 unspecified atom stereocenters. The second-order valence-electron chi connectivity index (χ2n) is 4.59. The van der Waals surface area contributed by atoms with Crippen LogP contribution in [0, 0.1) is 10.1 Å². The number of anilines is 1. The van der Waals surface area contributed by atoms with E-state index in [9.17, 15) is 14.9 Å². The van der Waals surface area contributed by atoms with Gasteiger partial charge < -0.3 is 15.4 Å². The van der Waals surface area contributed by atoms with Crippen LogP contribution in [-0.2, 0) is 4.79 Å². The Morgan fingerprint density at radius 1 is 1.35 bits per heavy atom. The summed E-state index contributed by atoms with van der Waals surface area (Å²) in [6.07, 6.45) is -0.180. The smallest absolute Gasteiger partial charge is 0.311 e. The first-order chi connectivity index (χ1) is 9.35. The van der Waals surface area contributed by atoms with Gasteiger partial charge in [0.15, 0.2) is 5.75 Å². The van der Waals surface area contributed by atoms with Crippen molar-refractivity contribution in [3.8, 4) is 5.75 Å². The molecule has 0 spiro atoms. The summed E-state index contributed by atoms with van der Waals surface area (Å²) in [5, 5.41) is 16.4. The van der Waals surface area contributed by atoms with Gasteiger partial charge in [0.25, 0.3) is 0 Å². The predicted octanol–water partition coefficient (Wildman–Crippen LogP) is 1.93. The Bertz CT molecular complexity index is 502. The number of amides is 1. The van der Waals surface area contributed by atoms with E-state index >= 15 is 0 Å². The van der Waals surface area contributed by atoms with Crippen LogP contribution in [0.2, 0.25) is 0 Å². The lowest BCUT2D eigenvalue weighted by atomic mass is 10.2. The summed E-state index contributed by atoms with van der Waals surface area (Å²) in [6.45, 7) is 5.27. The van der Waals surface area contributed by atoms with Gasteiger partial charge in [0.05, 0.1) is 11.0 Å². The monoisotopic (exact) mass is 281 g/mol. The van der Waals surface area contributed by atoms with E-state index in [1.165, 1.54) is 12.1 Å². The highest BCUT2D eigenvalue weighted by molar-refractivity contribution is 5.84. The van der Waals surface area contributed by atoms with Crippen molar-refractivity contribution in [1.29, 1.82) is 0 Å². The lowest BCUT2D eigenvalue weighted by Gasteiger charge is -2.15. The normalized spacial score (nSPS) is 11.8. The molecule has 7 heteroatoms. The van der Waals surface area contributed by atoms with E-state index in [2.05, 4.69) is 10.6 Å². The first-order valence-corrected chi connectivity index (χ1v) is 6.28. The molecular weight excluding hydrogens is 262 g/mol. The van der Waals surface area contributed by atoms with Crippen molar-refractivity contribution in [3.05, 3.63) is 28.3 Å². The zero-order valence-corrected chi connectivity index (χ0v) is 12.0. The summed E-state index contributed by atoms with van der Waals surface area (Å²) in [4.78, 5) is 21.9. The van der Waals surface area contributed by atoms with Crippen LogP contribution < -0.4 is 15.4 Å². The third-order valence-electron chi connectivity index (χ3n) is 2.54. The number of carbonyl (C=O) groups excluding carboxylic acids is 1. The van der Waals surface area contributed by atoms with Gasteiger partial charge >= 0.3 is 5.69 Å². The number of benzene rings is 1. The van der Waals surface area contributed by atoms with Gasteiger partial charge in [0.1, 0.15) is 6.04 Å². The van der Waals surface area contributed by atoms with Crippen LogP contribution >= 0.6 is 0 Å². The number of likely N-dealkylation sites (N-methyl/N-ethyl adjacent to an activating group) is 1. The van der Waals surface area contributed by atoms with Gasteiger partial charge in [0.2, 0.25) is 5.91 Å². The highest BCUT2D eigenvalue weighted by atomic mass is 16.6. The summed E-state index contributed by atoms with van der Waals surface area (Å²) >= 11 is 0. The lowest BCUT2D eigenvalue weighted by molar-refractivity contribution is -0.386. The molecule has 0 saturated heterocycles. The Morgan fingerprint density at radius 2 is 2.00 bits per heavy atom. The van der Waals surface area contributed by atoms with Gasteiger partial charge in [-0.2, -0.15) is 0 Å². The number of nitro benzene ring substituents is 1. The topological polar surface area (TPSA) is 93.5 Å². The Morgan fingerprint density at radius 3 is 2.50 bits per heavy atom. The minimum atomic E-state index is -0.496. The molecule has 0 aliphatic heterocycles. The quantitative estimate of drug-likeness (QED) is 0.614. The fraction of sp³-hybridized carbons (Fsp3) is 0.462. The van der Waals surface area contributed by atoms with Gasteiger partial charge in [-0.1, -0.05) is 0 Å². The molecule has 1 rings (SSSR count). The first-order valence-electron chi connectivity index (χ1n) is 6.28. The van der Waals surface area contributed by atoms with E-state index in [1.54, 1.807) is 33.9 Å². The maximum Gasteiger partial charge on any atom is 0.311 e. The van der Waals surface area contributed by atoms with E-state index in [0.717, 1.165) is 0 Å². The Hall–Kier alpha value is -2.31. The van der Waals surface area contributed by atoms with Gasteiger partial charge in [-0.15, -0.1) is 0 Å². The maximum absolute atomic E-state index is 11.4. The summed E-state index contributed by atoms with van der Waals surface area (Å²) in [5.74, 6) is 0.00814. The van der Waals surface area contributed by atoms with Crippen molar-refractivity contribution in [1.82, 2.24) is 5.32 Å². The number of hydrogen-bond donors (Lipinski definition) is 2. The van der Waals surface area contributed by atoms with Crippen LogP contribution in [0.4, 0.5) is 11.4 Å². The molecular formula is C13H19N3O4. The van der Waals surface area contributed by atoms with Crippen LogP contribution in [-0.4, -0.2) is 30.0 Å². The molecule has 0 fully saturated rings. The van der Waals surface area contributed by atoms with E-state index < -0.39 is 11.0 Å². The van der Waals surface area contributed by atoms with E-state index in [4.69, 9.17) is 4.74 Å². The second kappa shape index (κ2) is 6.74. The fourth-order valence-electron chi connectivity index (χ4n) is 1.64. The Labute approximate surface area is 117 Å². The summed E-state index contributed by atoms with van der Waals surface area (Å²) < 4.78 is 5.43. The van der Waals surface area contributed by atoms with Crippen LogP contribution in [0.3, 0.4) is 0 Å². The number of hydrogen-bond acceptors (Lipinski definition) is 5. The average Bonchev–Trinajstić information content (AvgIpc) is 2.36. The van der Waals surface area contributed by atoms with Crippen molar-refractivity contribution in [2.24, 2.45) is 0 Å². The zero-order valence-electron chi connectivity index (χ0n) is 12.0. The molecule has 0 radical (unpaired) electrons. The highest BCUT2D eigenvalue weighted by Crippen LogP contribution is 2.31. The molecule has 0 saturated carbocycles. The van der Waals surface area contributed by atoms with Crippen molar-refractivity contribution < 1.29 is 14.5 Å². The molecule has 7 nitrogen and oxygen atoms in total. The minimum Gasteiger partial charge on any atom is -0.484 e. The average molecular weight is 281 g/mol. The van der Waals surface area contributed by atoms with Crippen molar-refractivity contribution in [2.75, 3.05) is 12.4 Å². The minimum absolute atomic E-state index is 0.100. The number of nitrogens with one attached hydrogen (secondary N) is 2. The van der Waals surface area contributed by atoms with Crippen LogP contribution in [0.25, 0.3) is 0 Å². The molecule has 1 amide bonds. The molecule has 0 bridgehead atoms. The van der Waals surface area contributed by atoms with Gasteiger partial charge in [-0.05, 0) is 26.8 Å². The van der Waals surface area contributed by atoms with Crippen molar-refractivity contribution in [2.45, 2.75) is 32.9 Å². The Balaban J connectivity index is 3.00. The molecule has 1 aromatic carbocycles. The van der Waals surface area contributed by atoms with Crippen LogP contribution in [0.1, 0.15) is 20.8 Å². The zero-order chi connectivity index (χ0) is 15.3. The SMILES string of the molecule is CNC(=O)C(C)Nc1ccc([N+](=O)[O-])c(OC(C)C)c1. The summed E-state index contributed by atoms with van der Waals surface area (Å²) in [7, 11) is 1.55. The molecule has 110 valence electrons. The molecule has 0 heterocycles. The van der Waals surface area contributed by atoms with E-state index in [0.29, 0.717) is 5.69 Å². The highest BCUT2D eigenvalue weighted by Gasteiger charge is 2.18. The lowest BCUT2D eigenvalue weighted by Crippen LogP contribution is -2.35. The van der Waals surface area contributed by atoms with Crippen LogP contribution in [0.5, 0.6) is 5.75 Å². The number of rotatable bonds is 6. The largest absolute Gasteiger partial charge is 0.484 e. The third-order valence-corrected chi connectivity index (χ3v) is 2.54. The second-order valence-corrected chi connectivity index (χ2v) is 4.59. The molecule has 0 aliphatic rings. The van der Waals surface area contributed by atoms with Gasteiger partial charge in [-0.3, -0.25) is 14.9 Å². The number of nitro groups is 1. The number of carbonyl (C=O) groups is 1. The van der Waals surface area contributed by atoms with Crippen molar-refractivity contribution >= 4 is 17.3 Å². The summed E-state index contributed by atoms with van der Waals surface area (Å²) in [5.41, 5.74) is 0.485. The third kappa shape index (κ3) is 4.11. The summed E-state index contributed by atoms with van der Waals surface area (Å²) in [6, 6.07) is 3.98. The number of nitrogens with zero attached hydrogens (tertiary/aromatic N) is 1.